The van der Waals surface area contributed by atoms with Crippen LogP contribution in [0.4, 0.5) is 0 Å². The number of hydrogen-bond acceptors (Lipinski definition) is 2. The Balaban J connectivity index is 2.71. The Morgan fingerprint density at radius 1 is 1.28 bits per heavy atom. The lowest BCUT2D eigenvalue weighted by atomic mass is 9.63. The second kappa shape index (κ2) is 4.84. The van der Waals surface area contributed by atoms with Crippen LogP contribution in [0.2, 0.25) is 0 Å². The molecule has 106 valence electrons. The summed E-state index contributed by atoms with van der Waals surface area (Å²) < 4.78 is 0. The summed E-state index contributed by atoms with van der Waals surface area (Å²) in [6.45, 7) is 12.9. The molecule has 1 fully saturated rings. The summed E-state index contributed by atoms with van der Waals surface area (Å²) in [4.78, 5) is 12.1. The fraction of sp³-hybridized carbons (Fsp3) is 0.933. The molecule has 1 aliphatic carbocycles. The highest BCUT2D eigenvalue weighted by Gasteiger charge is 2.40. The maximum atomic E-state index is 12.1. The predicted molar refractivity (Wildman–Crippen MR) is 76.2 cm³/mol. The van der Waals surface area contributed by atoms with Gasteiger partial charge in [-0.2, -0.15) is 0 Å². The molecule has 3 nitrogen and oxygen atoms in total. The van der Waals surface area contributed by atoms with Crippen LogP contribution in [-0.4, -0.2) is 17.5 Å². The molecule has 0 saturated heterocycles. The molecular formula is C15H30N2O. The molecule has 0 aromatic carbocycles. The van der Waals surface area contributed by atoms with Gasteiger partial charge < -0.3 is 11.1 Å². The minimum absolute atomic E-state index is 0.0106. The van der Waals surface area contributed by atoms with E-state index in [9.17, 15) is 4.79 Å². The van der Waals surface area contributed by atoms with Crippen molar-refractivity contribution in [3.05, 3.63) is 0 Å². The summed E-state index contributed by atoms with van der Waals surface area (Å²) in [5, 5.41) is 3.16. The van der Waals surface area contributed by atoms with Crippen molar-refractivity contribution in [2.24, 2.45) is 16.6 Å². The van der Waals surface area contributed by atoms with E-state index in [0.29, 0.717) is 6.42 Å². The zero-order chi connectivity index (χ0) is 14.2. The van der Waals surface area contributed by atoms with Crippen molar-refractivity contribution in [1.82, 2.24) is 5.32 Å². The van der Waals surface area contributed by atoms with Crippen molar-refractivity contribution in [1.29, 1.82) is 0 Å². The second-order valence-corrected chi connectivity index (χ2v) is 7.85. The Hall–Kier alpha value is -0.570. The summed E-state index contributed by atoms with van der Waals surface area (Å²) in [6, 6.07) is 0.255. The molecule has 3 heteroatoms. The first kappa shape index (κ1) is 15.5. The van der Waals surface area contributed by atoms with E-state index in [1.165, 1.54) is 6.42 Å². The van der Waals surface area contributed by atoms with Crippen molar-refractivity contribution in [3.8, 4) is 0 Å². The molecular weight excluding hydrogens is 224 g/mol. The summed E-state index contributed by atoms with van der Waals surface area (Å²) in [6.07, 6.45) is 3.96. The Morgan fingerprint density at radius 3 is 2.11 bits per heavy atom. The average Bonchev–Trinajstić information content (AvgIpc) is 2.12. The molecule has 1 amide bonds. The lowest BCUT2D eigenvalue weighted by Crippen LogP contribution is -2.56. The Labute approximate surface area is 112 Å². The normalized spacial score (nSPS) is 26.4. The van der Waals surface area contributed by atoms with Crippen molar-refractivity contribution in [2.75, 3.05) is 0 Å². The van der Waals surface area contributed by atoms with Crippen LogP contribution >= 0.6 is 0 Å². The molecule has 3 N–H and O–H groups in total. The van der Waals surface area contributed by atoms with Gasteiger partial charge in [0.15, 0.2) is 0 Å². The molecule has 1 atom stereocenters. The highest BCUT2D eigenvalue weighted by molar-refractivity contribution is 5.85. The van der Waals surface area contributed by atoms with Gasteiger partial charge in [0.1, 0.15) is 0 Å². The summed E-state index contributed by atoms with van der Waals surface area (Å²) >= 11 is 0. The number of amides is 1. The molecule has 1 unspecified atom stereocenters. The Morgan fingerprint density at radius 2 is 1.72 bits per heavy atom. The van der Waals surface area contributed by atoms with Crippen LogP contribution in [0.25, 0.3) is 0 Å². The van der Waals surface area contributed by atoms with E-state index in [2.05, 4.69) is 33.0 Å². The topological polar surface area (TPSA) is 55.1 Å². The lowest BCUT2D eigenvalue weighted by molar-refractivity contribution is -0.127. The smallest absolute Gasteiger partial charge is 0.240 e. The third-order valence-electron chi connectivity index (χ3n) is 4.14. The van der Waals surface area contributed by atoms with Crippen LogP contribution < -0.4 is 11.1 Å². The second-order valence-electron chi connectivity index (χ2n) is 7.85. The molecule has 0 spiro atoms. The van der Waals surface area contributed by atoms with Gasteiger partial charge in [0.25, 0.3) is 0 Å². The molecule has 0 aromatic heterocycles. The molecule has 0 heterocycles. The van der Waals surface area contributed by atoms with Crippen LogP contribution in [0.3, 0.4) is 0 Å². The summed E-state index contributed by atoms with van der Waals surface area (Å²) in [5.74, 6) is -0.0106. The van der Waals surface area contributed by atoms with Crippen molar-refractivity contribution in [3.63, 3.8) is 0 Å². The first-order valence-electron chi connectivity index (χ1n) is 7.07. The van der Waals surface area contributed by atoms with E-state index >= 15 is 0 Å². The first-order valence-corrected chi connectivity index (χ1v) is 7.07. The number of carbonyl (C=O) groups is 1. The van der Waals surface area contributed by atoms with Crippen LogP contribution in [-0.2, 0) is 4.79 Å². The highest BCUT2D eigenvalue weighted by atomic mass is 16.2. The Kier molecular flexibility index (Phi) is 4.16. The number of hydrogen-bond donors (Lipinski definition) is 2. The molecule has 0 aliphatic heterocycles. The number of carbonyl (C=O) groups excluding carboxylic acids is 1. The molecule has 0 bridgehead atoms. The van der Waals surface area contributed by atoms with Gasteiger partial charge in [0.05, 0.1) is 5.54 Å². The molecule has 1 rings (SSSR count). The van der Waals surface area contributed by atoms with E-state index in [-0.39, 0.29) is 22.8 Å². The largest absolute Gasteiger partial charge is 0.352 e. The van der Waals surface area contributed by atoms with Gasteiger partial charge in [-0.25, -0.2) is 0 Å². The summed E-state index contributed by atoms with van der Waals surface area (Å²) in [5.41, 5.74) is 5.83. The van der Waals surface area contributed by atoms with Crippen LogP contribution in [0.15, 0.2) is 0 Å². The van der Waals surface area contributed by atoms with Crippen molar-refractivity contribution < 1.29 is 4.79 Å². The van der Waals surface area contributed by atoms with Gasteiger partial charge in [-0.1, -0.05) is 34.6 Å². The fourth-order valence-corrected chi connectivity index (χ4v) is 3.46. The number of rotatable bonds is 3. The predicted octanol–water partition coefficient (Wildman–Crippen LogP) is 2.83. The van der Waals surface area contributed by atoms with Crippen molar-refractivity contribution in [2.45, 2.75) is 78.8 Å². The van der Waals surface area contributed by atoms with E-state index in [4.69, 9.17) is 5.73 Å². The van der Waals surface area contributed by atoms with Gasteiger partial charge in [-0.3, -0.25) is 4.79 Å². The molecule has 0 radical (unpaired) electrons. The van der Waals surface area contributed by atoms with Crippen LogP contribution in [0.1, 0.15) is 67.2 Å². The standard InChI is InChI=1S/C15H30N2O/c1-7-15(6,16)12(18)17-11-8-13(2,3)10-14(4,5)9-11/h11H,7-10,16H2,1-6H3,(H,17,18). The van der Waals surface area contributed by atoms with Gasteiger partial charge in [-0.15, -0.1) is 0 Å². The van der Waals surface area contributed by atoms with E-state index in [1.807, 2.05) is 6.92 Å². The summed E-state index contributed by atoms with van der Waals surface area (Å²) in [7, 11) is 0. The first-order chi connectivity index (χ1) is 7.97. The maximum absolute atomic E-state index is 12.1. The molecule has 1 aliphatic rings. The zero-order valence-electron chi connectivity index (χ0n) is 12.9. The Bertz CT molecular complexity index is 302. The van der Waals surface area contributed by atoms with Crippen LogP contribution in [0.5, 0.6) is 0 Å². The monoisotopic (exact) mass is 254 g/mol. The SMILES string of the molecule is CCC(C)(N)C(=O)NC1CC(C)(C)CC(C)(C)C1. The lowest BCUT2D eigenvalue weighted by Gasteiger charge is -2.45. The minimum atomic E-state index is -0.744. The number of nitrogens with one attached hydrogen (secondary N) is 1. The molecule has 18 heavy (non-hydrogen) atoms. The number of nitrogens with two attached hydrogens (primary N) is 1. The zero-order valence-corrected chi connectivity index (χ0v) is 12.9. The minimum Gasteiger partial charge on any atom is -0.352 e. The van der Waals surface area contributed by atoms with E-state index in [0.717, 1.165) is 12.8 Å². The van der Waals surface area contributed by atoms with E-state index < -0.39 is 5.54 Å². The third-order valence-corrected chi connectivity index (χ3v) is 4.14. The third kappa shape index (κ3) is 3.98. The van der Waals surface area contributed by atoms with Crippen LogP contribution in [0, 0.1) is 10.8 Å². The maximum Gasteiger partial charge on any atom is 0.240 e. The fourth-order valence-electron chi connectivity index (χ4n) is 3.46. The van der Waals surface area contributed by atoms with Gasteiger partial charge in [0, 0.05) is 6.04 Å². The molecule has 0 aromatic rings. The van der Waals surface area contributed by atoms with E-state index in [1.54, 1.807) is 6.92 Å². The van der Waals surface area contributed by atoms with Gasteiger partial charge >= 0.3 is 0 Å². The van der Waals surface area contributed by atoms with Gasteiger partial charge in [0.2, 0.25) is 5.91 Å². The highest BCUT2D eigenvalue weighted by Crippen LogP contribution is 2.45. The molecule has 1 saturated carbocycles. The van der Waals surface area contributed by atoms with Crippen molar-refractivity contribution >= 4 is 5.91 Å². The quantitative estimate of drug-likeness (QED) is 0.813. The average molecular weight is 254 g/mol. The van der Waals surface area contributed by atoms with Gasteiger partial charge in [-0.05, 0) is 43.4 Å².